The minimum absolute atomic E-state index is 0.00198. The third kappa shape index (κ3) is 7.67. The van der Waals surface area contributed by atoms with Crippen LogP contribution in [0.1, 0.15) is 45.6 Å². The number of piperidine rings is 1. The number of sulfone groups is 1. The van der Waals surface area contributed by atoms with Crippen LogP contribution in [0.2, 0.25) is 5.02 Å². The zero-order valence-corrected chi connectivity index (χ0v) is 24.2. The molecule has 0 atom stereocenters. The molecular formula is C27H34ClF3N6O2S. The van der Waals surface area contributed by atoms with Crippen molar-refractivity contribution < 1.29 is 21.6 Å². The Morgan fingerprint density at radius 2 is 1.77 bits per heavy atom. The zero-order chi connectivity index (χ0) is 29.3. The normalized spacial score (nSPS) is 15.9. The van der Waals surface area contributed by atoms with Gasteiger partial charge in [0.25, 0.3) is 0 Å². The van der Waals surface area contributed by atoms with Gasteiger partial charge in [0.2, 0.25) is 11.9 Å². The van der Waals surface area contributed by atoms with E-state index in [1.807, 2.05) is 0 Å². The Morgan fingerprint density at radius 3 is 2.33 bits per heavy atom. The Hall–Kier alpha value is -2.83. The maximum absolute atomic E-state index is 14.1. The van der Waals surface area contributed by atoms with Gasteiger partial charge in [-0.05, 0) is 80.1 Å². The molecule has 1 aliphatic heterocycles. The van der Waals surface area contributed by atoms with Gasteiger partial charge in [-0.3, -0.25) is 0 Å². The first-order valence-corrected chi connectivity index (χ1v) is 15.0. The number of nitrogens with one attached hydrogen (secondary N) is 2. The lowest BCUT2D eigenvalue weighted by atomic mass is 9.91. The summed E-state index contributed by atoms with van der Waals surface area (Å²) < 4.78 is 68.5. The molecule has 0 unspecified atom stereocenters. The SMILES string of the molecule is CC(C)(C)CCN1CCC(CS(=O)(=O)c2ccc(-c3c(Cl)cc(Nc4n[nH]c(N)n4)cc3C(F)(F)F)cc2)CC1. The van der Waals surface area contributed by atoms with E-state index in [9.17, 15) is 21.6 Å². The molecule has 218 valence electrons. The quantitative estimate of drug-likeness (QED) is 0.275. The van der Waals surface area contributed by atoms with Crippen molar-refractivity contribution in [3.63, 3.8) is 0 Å². The lowest BCUT2D eigenvalue weighted by Gasteiger charge is -2.33. The van der Waals surface area contributed by atoms with Crippen LogP contribution in [-0.2, 0) is 16.0 Å². The predicted octanol–water partition coefficient (Wildman–Crippen LogP) is 6.39. The number of likely N-dealkylation sites (tertiary alicyclic amines) is 1. The van der Waals surface area contributed by atoms with E-state index in [-0.39, 0.29) is 55.7 Å². The van der Waals surface area contributed by atoms with Crippen molar-refractivity contribution in [1.82, 2.24) is 20.1 Å². The number of nitrogens with zero attached hydrogens (tertiary/aromatic N) is 3. The van der Waals surface area contributed by atoms with E-state index in [1.54, 1.807) is 0 Å². The van der Waals surface area contributed by atoms with Crippen LogP contribution in [-0.4, -0.2) is 53.9 Å². The minimum atomic E-state index is -4.73. The number of hydrogen-bond acceptors (Lipinski definition) is 7. The van der Waals surface area contributed by atoms with E-state index in [2.05, 4.69) is 46.2 Å². The molecule has 3 aromatic rings. The molecule has 2 aromatic carbocycles. The van der Waals surface area contributed by atoms with E-state index in [1.165, 1.54) is 30.3 Å². The summed E-state index contributed by atoms with van der Waals surface area (Å²) in [5.74, 6) is 0.0406. The first kappa shape index (κ1) is 30.1. The summed E-state index contributed by atoms with van der Waals surface area (Å²) in [6, 6.07) is 7.64. The molecule has 0 radical (unpaired) electrons. The van der Waals surface area contributed by atoms with Crippen molar-refractivity contribution in [1.29, 1.82) is 0 Å². The summed E-state index contributed by atoms with van der Waals surface area (Å²) in [4.78, 5) is 6.28. The molecule has 4 N–H and O–H groups in total. The topological polar surface area (TPSA) is 117 Å². The van der Waals surface area contributed by atoms with Gasteiger partial charge in [-0.1, -0.05) is 44.5 Å². The third-order valence-electron chi connectivity index (χ3n) is 7.00. The predicted molar refractivity (Wildman–Crippen MR) is 151 cm³/mol. The number of anilines is 3. The molecule has 40 heavy (non-hydrogen) atoms. The average Bonchev–Trinajstić information content (AvgIpc) is 3.26. The Bertz CT molecular complexity index is 1430. The molecule has 1 saturated heterocycles. The fraction of sp³-hybridized carbons (Fsp3) is 0.481. The lowest BCUT2D eigenvalue weighted by molar-refractivity contribution is -0.137. The van der Waals surface area contributed by atoms with Gasteiger partial charge in [0.15, 0.2) is 9.84 Å². The van der Waals surface area contributed by atoms with Gasteiger partial charge >= 0.3 is 6.18 Å². The van der Waals surface area contributed by atoms with Crippen LogP contribution in [0, 0.1) is 11.3 Å². The van der Waals surface area contributed by atoms with Gasteiger partial charge in [-0.25, -0.2) is 13.5 Å². The van der Waals surface area contributed by atoms with Crippen molar-refractivity contribution in [2.24, 2.45) is 11.3 Å². The summed E-state index contributed by atoms with van der Waals surface area (Å²) in [7, 11) is -3.61. The van der Waals surface area contributed by atoms with E-state index in [0.717, 1.165) is 45.0 Å². The number of hydrogen-bond donors (Lipinski definition) is 3. The number of alkyl halides is 3. The molecule has 1 fully saturated rings. The number of aromatic nitrogens is 3. The Kier molecular flexibility index (Phi) is 8.72. The highest BCUT2D eigenvalue weighted by molar-refractivity contribution is 7.91. The van der Waals surface area contributed by atoms with Crippen LogP contribution in [0.15, 0.2) is 41.3 Å². The molecule has 0 spiro atoms. The average molecular weight is 599 g/mol. The first-order chi connectivity index (χ1) is 18.6. The molecule has 0 saturated carbocycles. The number of H-pyrrole nitrogens is 1. The second kappa shape index (κ2) is 11.6. The van der Waals surface area contributed by atoms with Crippen molar-refractivity contribution >= 4 is 39.0 Å². The van der Waals surface area contributed by atoms with Crippen LogP contribution < -0.4 is 11.1 Å². The van der Waals surface area contributed by atoms with Crippen LogP contribution in [0.5, 0.6) is 0 Å². The Balaban J connectivity index is 1.49. The molecular weight excluding hydrogens is 565 g/mol. The number of benzene rings is 2. The first-order valence-electron chi connectivity index (χ1n) is 13.0. The van der Waals surface area contributed by atoms with Crippen molar-refractivity contribution in [2.75, 3.05) is 36.4 Å². The number of nitrogen functional groups attached to an aromatic ring is 1. The second-order valence-electron chi connectivity index (χ2n) is 11.4. The number of nitrogens with two attached hydrogens (primary N) is 1. The van der Waals surface area contributed by atoms with Crippen LogP contribution in [0.3, 0.4) is 0 Å². The molecule has 1 aromatic heterocycles. The molecule has 8 nitrogen and oxygen atoms in total. The highest BCUT2D eigenvalue weighted by Gasteiger charge is 2.36. The maximum atomic E-state index is 14.1. The van der Waals surface area contributed by atoms with E-state index in [4.69, 9.17) is 17.3 Å². The van der Waals surface area contributed by atoms with Crippen molar-refractivity contribution in [2.45, 2.75) is 51.1 Å². The van der Waals surface area contributed by atoms with Gasteiger partial charge in [-0.2, -0.15) is 18.2 Å². The molecule has 0 aliphatic carbocycles. The van der Waals surface area contributed by atoms with Gasteiger partial charge in [0.1, 0.15) is 0 Å². The Morgan fingerprint density at radius 1 is 1.12 bits per heavy atom. The fourth-order valence-corrected chi connectivity index (χ4v) is 6.79. The number of halogens is 4. The van der Waals surface area contributed by atoms with Crippen LogP contribution in [0.25, 0.3) is 11.1 Å². The summed E-state index contributed by atoms with van der Waals surface area (Å²) in [5, 5.41) is 8.61. The standard InChI is InChI=1S/C27H34ClF3N6O2S/c1-26(2,3)10-13-37-11-8-17(9-12-37)16-40(38,39)20-6-4-18(5-7-20)23-21(27(29,30)31)14-19(15-22(23)28)33-25-34-24(32)35-36-25/h4-7,14-15,17H,8-13,16H2,1-3H3,(H4,32,33,34,35,36). The van der Waals surface area contributed by atoms with Gasteiger partial charge in [-0.15, -0.1) is 5.10 Å². The van der Waals surface area contributed by atoms with Gasteiger partial charge in [0.05, 0.1) is 21.2 Å². The molecule has 13 heteroatoms. The molecule has 2 heterocycles. The second-order valence-corrected chi connectivity index (χ2v) is 13.9. The highest BCUT2D eigenvalue weighted by Crippen LogP contribution is 2.43. The van der Waals surface area contributed by atoms with E-state index in [0.29, 0.717) is 0 Å². The van der Waals surface area contributed by atoms with E-state index >= 15 is 0 Å². The summed E-state index contributed by atoms with van der Waals surface area (Å²) in [5.41, 5.74) is 4.65. The highest BCUT2D eigenvalue weighted by atomic mass is 35.5. The molecule has 0 bridgehead atoms. The van der Waals surface area contributed by atoms with Crippen LogP contribution in [0.4, 0.5) is 30.8 Å². The van der Waals surface area contributed by atoms with Crippen molar-refractivity contribution in [3.8, 4) is 11.1 Å². The lowest BCUT2D eigenvalue weighted by Crippen LogP contribution is -2.37. The monoisotopic (exact) mass is 598 g/mol. The minimum Gasteiger partial charge on any atom is -0.368 e. The van der Waals surface area contributed by atoms with Crippen molar-refractivity contribution in [3.05, 3.63) is 47.0 Å². The maximum Gasteiger partial charge on any atom is 0.417 e. The van der Waals surface area contributed by atoms with Crippen LogP contribution >= 0.6 is 11.6 Å². The summed E-state index contributed by atoms with van der Waals surface area (Å²) in [6.07, 6.45) is -2.06. The zero-order valence-electron chi connectivity index (χ0n) is 22.6. The van der Waals surface area contributed by atoms with Gasteiger partial charge < -0.3 is 16.0 Å². The largest absolute Gasteiger partial charge is 0.417 e. The number of rotatable bonds is 8. The number of aromatic amines is 1. The Labute approximate surface area is 237 Å². The summed E-state index contributed by atoms with van der Waals surface area (Å²) >= 11 is 6.33. The van der Waals surface area contributed by atoms with Gasteiger partial charge in [0, 0.05) is 11.3 Å². The van der Waals surface area contributed by atoms with E-state index < -0.39 is 21.6 Å². The fourth-order valence-electron chi connectivity index (χ4n) is 4.76. The third-order valence-corrected chi connectivity index (χ3v) is 9.20. The summed E-state index contributed by atoms with van der Waals surface area (Å²) in [6.45, 7) is 9.35. The molecule has 1 aliphatic rings. The molecule has 4 rings (SSSR count). The smallest absolute Gasteiger partial charge is 0.368 e. The molecule has 0 amide bonds.